The monoisotopic (exact) mass is 308 g/mol. The van der Waals surface area contributed by atoms with E-state index < -0.39 is 0 Å². The zero-order chi connectivity index (χ0) is 14.2. The maximum Gasteiger partial charge on any atom is 0.224 e. The van der Waals surface area contributed by atoms with Crippen LogP contribution in [-0.2, 0) is 4.79 Å². The minimum absolute atomic E-state index is 0.0570. The number of amides is 1. The molecule has 0 saturated heterocycles. The molecule has 0 aliphatic rings. The molecule has 0 fully saturated rings. The number of carbonyl (C=O) groups is 1. The van der Waals surface area contributed by atoms with Gasteiger partial charge in [-0.2, -0.15) is 0 Å². The van der Waals surface area contributed by atoms with E-state index in [9.17, 15) is 4.79 Å². The molecule has 0 aliphatic heterocycles. The fraction of sp³-hybridized carbons (Fsp3) is 0.333. The minimum Gasteiger partial charge on any atom is -0.326 e. The number of alkyl halides is 1. The predicted octanol–water partition coefficient (Wildman–Crippen LogP) is 4.55. The molecule has 0 unspecified atom stereocenters. The number of hydrogen-bond donors (Lipinski definition) is 1. The number of hydrogen-bond acceptors (Lipinski definition) is 3. The van der Waals surface area contributed by atoms with Crippen molar-refractivity contribution in [2.45, 2.75) is 25.7 Å². The van der Waals surface area contributed by atoms with Crippen LogP contribution >= 0.6 is 22.9 Å². The number of halogens is 1. The smallest absolute Gasteiger partial charge is 0.224 e. The molecule has 1 amide bonds. The Morgan fingerprint density at radius 1 is 1.20 bits per heavy atom. The lowest BCUT2D eigenvalue weighted by atomic mass is 10.2. The van der Waals surface area contributed by atoms with Gasteiger partial charge < -0.3 is 5.32 Å². The van der Waals surface area contributed by atoms with Crippen molar-refractivity contribution in [1.82, 2.24) is 4.98 Å². The molecular weight excluding hydrogens is 292 g/mol. The molecule has 3 nitrogen and oxygen atoms in total. The summed E-state index contributed by atoms with van der Waals surface area (Å²) in [7, 11) is 0. The molecule has 0 spiro atoms. The Labute approximate surface area is 128 Å². The lowest BCUT2D eigenvalue weighted by Crippen LogP contribution is -2.10. The summed E-state index contributed by atoms with van der Waals surface area (Å²) < 4.78 is 0. The molecular formula is C15H17ClN2OS. The molecule has 1 aromatic heterocycles. The van der Waals surface area contributed by atoms with Gasteiger partial charge in [-0.15, -0.1) is 22.9 Å². The van der Waals surface area contributed by atoms with E-state index in [0.717, 1.165) is 35.5 Å². The Kier molecular flexibility index (Phi) is 6.02. The largest absolute Gasteiger partial charge is 0.326 e. The fourth-order valence-corrected chi connectivity index (χ4v) is 2.68. The van der Waals surface area contributed by atoms with E-state index in [1.54, 1.807) is 17.5 Å². The van der Waals surface area contributed by atoms with E-state index in [2.05, 4.69) is 10.3 Å². The van der Waals surface area contributed by atoms with Gasteiger partial charge >= 0.3 is 0 Å². The van der Waals surface area contributed by atoms with Crippen molar-refractivity contribution in [2.24, 2.45) is 0 Å². The van der Waals surface area contributed by atoms with Crippen LogP contribution in [0.3, 0.4) is 0 Å². The average molecular weight is 309 g/mol. The van der Waals surface area contributed by atoms with Gasteiger partial charge in [-0.05, 0) is 37.1 Å². The van der Waals surface area contributed by atoms with Crippen molar-refractivity contribution in [1.29, 1.82) is 0 Å². The van der Waals surface area contributed by atoms with E-state index in [1.807, 2.05) is 29.6 Å². The number of anilines is 1. The highest BCUT2D eigenvalue weighted by molar-refractivity contribution is 7.13. The summed E-state index contributed by atoms with van der Waals surface area (Å²) in [4.78, 5) is 16.0. The Balaban J connectivity index is 1.83. The lowest BCUT2D eigenvalue weighted by molar-refractivity contribution is -0.116. The molecule has 1 N–H and O–H groups in total. The molecule has 0 bridgehead atoms. The van der Waals surface area contributed by atoms with Crippen LogP contribution in [0.25, 0.3) is 10.6 Å². The number of thiazole rings is 1. The highest BCUT2D eigenvalue weighted by Gasteiger charge is 2.04. The normalized spacial score (nSPS) is 10.4. The Hall–Kier alpha value is -1.39. The second kappa shape index (κ2) is 8.02. The maximum absolute atomic E-state index is 11.7. The zero-order valence-corrected chi connectivity index (χ0v) is 12.7. The van der Waals surface area contributed by atoms with Crippen LogP contribution in [0.15, 0.2) is 35.8 Å². The first kappa shape index (κ1) is 15.0. The van der Waals surface area contributed by atoms with Crippen LogP contribution in [-0.4, -0.2) is 16.8 Å². The second-order valence-electron chi connectivity index (χ2n) is 4.46. The molecule has 20 heavy (non-hydrogen) atoms. The molecule has 0 saturated carbocycles. The average Bonchev–Trinajstić information content (AvgIpc) is 2.99. The van der Waals surface area contributed by atoms with Gasteiger partial charge in [0.25, 0.3) is 0 Å². The van der Waals surface area contributed by atoms with Gasteiger partial charge in [0, 0.05) is 35.1 Å². The second-order valence-corrected chi connectivity index (χ2v) is 5.73. The van der Waals surface area contributed by atoms with Crippen molar-refractivity contribution in [3.05, 3.63) is 35.8 Å². The Bertz CT molecular complexity index is 525. The summed E-state index contributed by atoms with van der Waals surface area (Å²) >= 11 is 7.20. The van der Waals surface area contributed by atoms with E-state index in [-0.39, 0.29) is 5.91 Å². The summed E-state index contributed by atoms with van der Waals surface area (Å²) in [5, 5.41) is 5.84. The number of benzene rings is 1. The SMILES string of the molecule is O=C(CCCCCCl)Nc1ccc(-c2nccs2)cc1. The van der Waals surface area contributed by atoms with Gasteiger partial charge in [0.15, 0.2) is 0 Å². The van der Waals surface area contributed by atoms with Crippen LogP contribution in [0.4, 0.5) is 5.69 Å². The molecule has 1 heterocycles. The van der Waals surface area contributed by atoms with Gasteiger partial charge in [0.1, 0.15) is 5.01 Å². The summed E-state index contributed by atoms with van der Waals surface area (Å²) in [5.41, 5.74) is 1.90. The lowest BCUT2D eigenvalue weighted by Gasteiger charge is -2.05. The van der Waals surface area contributed by atoms with E-state index in [0.29, 0.717) is 12.3 Å². The summed E-state index contributed by atoms with van der Waals surface area (Å²) in [6.45, 7) is 0. The van der Waals surface area contributed by atoms with E-state index >= 15 is 0 Å². The third-order valence-corrected chi connectivity index (χ3v) is 3.97. The molecule has 106 valence electrons. The van der Waals surface area contributed by atoms with Crippen molar-refractivity contribution in [3.8, 4) is 10.6 Å². The first-order chi connectivity index (χ1) is 9.79. The van der Waals surface area contributed by atoms with E-state index in [1.165, 1.54) is 0 Å². The van der Waals surface area contributed by atoms with Crippen LogP contribution in [0.5, 0.6) is 0 Å². The van der Waals surface area contributed by atoms with Crippen molar-refractivity contribution in [3.63, 3.8) is 0 Å². The number of unbranched alkanes of at least 4 members (excludes halogenated alkanes) is 2. The Morgan fingerprint density at radius 3 is 2.65 bits per heavy atom. The van der Waals surface area contributed by atoms with Crippen LogP contribution in [0.1, 0.15) is 25.7 Å². The number of nitrogens with one attached hydrogen (secondary N) is 1. The van der Waals surface area contributed by atoms with Crippen LogP contribution in [0.2, 0.25) is 0 Å². The number of rotatable bonds is 7. The van der Waals surface area contributed by atoms with Crippen molar-refractivity contribution < 1.29 is 4.79 Å². The molecule has 5 heteroatoms. The number of nitrogens with zero attached hydrogens (tertiary/aromatic N) is 1. The van der Waals surface area contributed by atoms with Crippen molar-refractivity contribution in [2.75, 3.05) is 11.2 Å². The van der Waals surface area contributed by atoms with Gasteiger partial charge in [0.05, 0.1) is 0 Å². The highest BCUT2D eigenvalue weighted by Crippen LogP contribution is 2.23. The number of carbonyl (C=O) groups excluding carboxylic acids is 1. The third-order valence-electron chi connectivity index (χ3n) is 2.89. The maximum atomic E-state index is 11.7. The quantitative estimate of drug-likeness (QED) is 0.602. The van der Waals surface area contributed by atoms with E-state index in [4.69, 9.17) is 11.6 Å². The molecule has 2 rings (SSSR count). The topological polar surface area (TPSA) is 42.0 Å². The van der Waals surface area contributed by atoms with Gasteiger partial charge in [-0.3, -0.25) is 4.79 Å². The van der Waals surface area contributed by atoms with Crippen LogP contribution in [0, 0.1) is 0 Å². The fourth-order valence-electron chi connectivity index (χ4n) is 1.84. The molecule has 0 aliphatic carbocycles. The summed E-state index contributed by atoms with van der Waals surface area (Å²) in [6, 6.07) is 7.77. The number of aromatic nitrogens is 1. The van der Waals surface area contributed by atoms with Crippen LogP contribution < -0.4 is 5.32 Å². The predicted molar refractivity (Wildman–Crippen MR) is 85.4 cm³/mol. The zero-order valence-electron chi connectivity index (χ0n) is 11.1. The van der Waals surface area contributed by atoms with Gasteiger partial charge in [0.2, 0.25) is 5.91 Å². The Morgan fingerprint density at radius 2 is 2.00 bits per heavy atom. The highest BCUT2D eigenvalue weighted by atomic mass is 35.5. The summed E-state index contributed by atoms with van der Waals surface area (Å²) in [5.74, 6) is 0.724. The first-order valence-electron chi connectivity index (χ1n) is 6.65. The molecule has 2 aromatic rings. The molecule has 0 atom stereocenters. The third kappa shape index (κ3) is 4.62. The van der Waals surface area contributed by atoms with Crippen molar-refractivity contribution >= 4 is 34.5 Å². The molecule has 0 radical (unpaired) electrons. The van der Waals surface area contributed by atoms with Gasteiger partial charge in [-0.1, -0.05) is 6.42 Å². The first-order valence-corrected chi connectivity index (χ1v) is 8.07. The van der Waals surface area contributed by atoms with Gasteiger partial charge in [-0.25, -0.2) is 4.98 Å². The molecule has 1 aromatic carbocycles. The standard InChI is InChI=1S/C15H17ClN2OS/c16-9-3-1-2-4-14(19)18-13-7-5-12(6-8-13)15-17-10-11-20-15/h5-8,10-11H,1-4,9H2,(H,18,19). The summed E-state index contributed by atoms with van der Waals surface area (Å²) in [6.07, 6.45) is 5.19. The minimum atomic E-state index is 0.0570.